The molecule has 7 nitrogen and oxygen atoms in total. The molecule has 2 saturated heterocycles. The molecule has 0 N–H and O–H groups in total. The van der Waals surface area contributed by atoms with Gasteiger partial charge in [0, 0.05) is 30.9 Å². The van der Waals surface area contributed by atoms with Crippen LogP contribution in [-0.4, -0.2) is 82.2 Å². The van der Waals surface area contributed by atoms with Crippen LogP contribution >= 0.6 is 0 Å². The molecule has 0 spiro atoms. The van der Waals surface area contributed by atoms with Crippen LogP contribution in [0.15, 0.2) is 22.6 Å². The number of aryl methyl sites for hydroxylation is 2. The molecule has 4 heterocycles. The Hall–Kier alpha value is -2.12. The lowest BCUT2D eigenvalue weighted by Crippen LogP contribution is -2.63. The zero-order valence-electron chi connectivity index (χ0n) is 18.1. The van der Waals surface area contributed by atoms with Crippen molar-refractivity contribution in [3.8, 4) is 0 Å². The molecule has 0 aliphatic carbocycles. The van der Waals surface area contributed by atoms with E-state index in [0.717, 1.165) is 36.8 Å². The summed E-state index contributed by atoms with van der Waals surface area (Å²) >= 11 is 0. The molecule has 2 aromatic heterocycles. The lowest BCUT2D eigenvalue weighted by molar-refractivity contribution is -0.00154. The van der Waals surface area contributed by atoms with Gasteiger partial charge in [0.15, 0.2) is 5.76 Å². The maximum atomic E-state index is 12.8. The van der Waals surface area contributed by atoms with Crippen LogP contribution in [0.5, 0.6) is 0 Å². The highest BCUT2D eigenvalue weighted by Gasteiger charge is 2.38. The topological polar surface area (TPSA) is 57.8 Å². The minimum atomic E-state index is 0.000276. The molecule has 7 heteroatoms. The van der Waals surface area contributed by atoms with E-state index in [-0.39, 0.29) is 5.91 Å². The molecular formula is C22H33N5O2. The van der Waals surface area contributed by atoms with Gasteiger partial charge in [-0.1, -0.05) is 6.92 Å². The summed E-state index contributed by atoms with van der Waals surface area (Å²) in [6.07, 6.45) is 2.45. The van der Waals surface area contributed by atoms with Gasteiger partial charge in [0.25, 0.3) is 5.91 Å². The minimum Gasteiger partial charge on any atom is -0.454 e. The SMILES string of the molecule is CCN(C1CCN(C)CC1)C1CN(C(=O)c2ccc(Cn3nc(C)cc3C)o2)C1. The average Bonchev–Trinajstić information content (AvgIpc) is 3.25. The number of likely N-dealkylation sites (tertiary alicyclic amines) is 2. The number of rotatable bonds is 6. The van der Waals surface area contributed by atoms with Gasteiger partial charge in [-0.25, -0.2) is 0 Å². The predicted molar refractivity (Wildman–Crippen MR) is 112 cm³/mol. The summed E-state index contributed by atoms with van der Waals surface area (Å²) < 4.78 is 7.76. The number of carbonyl (C=O) groups is 1. The first-order valence-corrected chi connectivity index (χ1v) is 10.8. The van der Waals surface area contributed by atoms with Crippen LogP contribution in [0.25, 0.3) is 0 Å². The zero-order valence-corrected chi connectivity index (χ0v) is 18.1. The van der Waals surface area contributed by atoms with E-state index in [1.54, 1.807) is 6.07 Å². The van der Waals surface area contributed by atoms with Gasteiger partial charge in [-0.05, 0) is 71.6 Å². The number of nitrogens with zero attached hydrogens (tertiary/aromatic N) is 5. The smallest absolute Gasteiger partial charge is 0.289 e. The summed E-state index contributed by atoms with van der Waals surface area (Å²) in [6.45, 7) is 11.8. The quantitative estimate of drug-likeness (QED) is 0.747. The van der Waals surface area contributed by atoms with E-state index >= 15 is 0 Å². The number of likely N-dealkylation sites (N-methyl/N-ethyl adjacent to an activating group) is 1. The van der Waals surface area contributed by atoms with Crippen LogP contribution in [0.1, 0.15) is 47.5 Å². The molecule has 0 saturated carbocycles. The molecule has 4 rings (SSSR count). The molecule has 0 bridgehead atoms. The largest absolute Gasteiger partial charge is 0.454 e. The van der Waals surface area contributed by atoms with Crippen LogP contribution < -0.4 is 0 Å². The van der Waals surface area contributed by atoms with Crippen molar-refractivity contribution in [2.45, 2.75) is 52.2 Å². The summed E-state index contributed by atoms with van der Waals surface area (Å²) in [7, 11) is 2.20. The fourth-order valence-corrected chi connectivity index (χ4v) is 4.69. The van der Waals surface area contributed by atoms with Crippen molar-refractivity contribution >= 4 is 5.91 Å². The molecule has 1 amide bonds. The van der Waals surface area contributed by atoms with Gasteiger partial charge in [0.1, 0.15) is 5.76 Å². The third-order valence-corrected chi connectivity index (χ3v) is 6.42. The molecule has 0 radical (unpaired) electrons. The second kappa shape index (κ2) is 8.32. The second-order valence-electron chi connectivity index (χ2n) is 8.58. The Morgan fingerprint density at radius 1 is 1.21 bits per heavy atom. The number of furan rings is 1. The molecule has 0 aromatic carbocycles. The maximum absolute atomic E-state index is 12.8. The average molecular weight is 400 g/mol. The minimum absolute atomic E-state index is 0.000276. The van der Waals surface area contributed by atoms with E-state index in [0.29, 0.717) is 24.4 Å². The van der Waals surface area contributed by atoms with Gasteiger partial charge in [-0.2, -0.15) is 5.10 Å². The Balaban J connectivity index is 1.32. The van der Waals surface area contributed by atoms with E-state index in [1.165, 1.54) is 25.9 Å². The van der Waals surface area contributed by atoms with Crippen LogP contribution in [0.2, 0.25) is 0 Å². The van der Waals surface area contributed by atoms with E-state index in [9.17, 15) is 4.79 Å². The summed E-state index contributed by atoms with van der Waals surface area (Å²) in [5.74, 6) is 1.20. The van der Waals surface area contributed by atoms with E-state index in [1.807, 2.05) is 35.6 Å². The number of amides is 1. The molecule has 0 unspecified atom stereocenters. The fourth-order valence-electron chi connectivity index (χ4n) is 4.69. The third-order valence-electron chi connectivity index (χ3n) is 6.42. The Kier molecular flexibility index (Phi) is 5.79. The van der Waals surface area contributed by atoms with Gasteiger partial charge in [0.2, 0.25) is 0 Å². The monoisotopic (exact) mass is 399 g/mol. The fraction of sp³-hybridized carbons (Fsp3) is 0.636. The van der Waals surface area contributed by atoms with Crippen molar-refractivity contribution in [3.05, 3.63) is 41.1 Å². The van der Waals surface area contributed by atoms with Crippen LogP contribution in [0.4, 0.5) is 0 Å². The Morgan fingerprint density at radius 3 is 2.55 bits per heavy atom. The Labute approximate surface area is 173 Å². The summed E-state index contributed by atoms with van der Waals surface area (Å²) in [6, 6.07) is 6.85. The summed E-state index contributed by atoms with van der Waals surface area (Å²) in [4.78, 5) is 19.7. The zero-order chi connectivity index (χ0) is 20.5. The van der Waals surface area contributed by atoms with Crippen LogP contribution in [-0.2, 0) is 6.54 Å². The first-order chi connectivity index (χ1) is 13.9. The lowest BCUT2D eigenvalue weighted by atomic mass is 9.98. The highest BCUT2D eigenvalue weighted by Crippen LogP contribution is 2.25. The molecule has 2 aliphatic rings. The van der Waals surface area contributed by atoms with Crippen molar-refractivity contribution in [2.24, 2.45) is 0 Å². The van der Waals surface area contributed by atoms with Crippen molar-refractivity contribution in [3.63, 3.8) is 0 Å². The number of hydrogen-bond acceptors (Lipinski definition) is 5. The van der Waals surface area contributed by atoms with Gasteiger partial charge in [-0.15, -0.1) is 0 Å². The molecule has 2 aliphatic heterocycles. The summed E-state index contributed by atoms with van der Waals surface area (Å²) in [5, 5.41) is 4.46. The first-order valence-electron chi connectivity index (χ1n) is 10.8. The van der Waals surface area contributed by atoms with Gasteiger partial charge in [0.05, 0.1) is 12.2 Å². The highest BCUT2D eigenvalue weighted by atomic mass is 16.4. The predicted octanol–water partition coefficient (Wildman–Crippen LogP) is 2.38. The molecule has 0 atom stereocenters. The maximum Gasteiger partial charge on any atom is 0.289 e. The number of piperidine rings is 1. The van der Waals surface area contributed by atoms with Gasteiger partial charge in [-0.3, -0.25) is 14.4 Å². The molecular weight excluding hydrogens is 366 g/mol. The molecule has 2 aromatic rings. The summed E-state index contributed by atoms with van der Waals surface area (Å²) in [5.41, 5.74) is 2.08. The first kappa shape index (κ1) is 20.2. The van der Waals surface area contributed by atoms with E-state index in [2.05, 4.69) is 28.9 Å². The standard InChI is InChI=1S/C22H33N5O2/c1-5-26(18-8-10-24(4)11-9-18)19-13-25(14-19)22(28)21-7-6-20(29-21)15-27-17(3)12-16(2)23-27/h6-7,12,18-19H,5,8-11,13-15H2,1-4H3. The van der Waals surface area contributed by atoms with Crippen LogP contribution in [0, 0.1) is 13.8 Å². The third kappa shape index (κ3) is 4.26. The van der Waals surface area contributed by atoms with Crippen molar-refractivity contribution < 1.29 is 9.21 Å². The molecule has 2 fully saturated rings. The Morgan fingerprint density at radius 2 is 1.93 bits per heavy atom. The van der Waals surface area contributed by atoms with E-state index < -0.39 is 0 Å². The van der Waals surface area contributed by atoms with Crippen LogP contribution in [0.3, 0.4) is 0 Å². The molecule has 158 valence electrons. The van der Waals surface area contributed by atoms with E-state index in [4.69, 9.17) is 4.42 Å². The number of hydrogen-bond donors (Lipinski definition) is 0. The van der Waals surface area contributed by atoms with Crippen molar-refractivity contribution in [1.29, 1.82) is 0 Å². The second-order valence-corrected chi connectivity index (χ2v) is 8.58. The molecule has 29 heavy (non-hydrogen) atoms. The number of carbonyl (C=O) groups excluding carboxylic acids is 1. The highest BCUT2D eigenvalue weighted by molar-refractivity contribution is 5.92. The van der Waals surface area contributed by atoms with Gasteiger partial charge < -0.3 is 14.2 Å². The number of aromatic nitrogens is 2. The normalized spacial score (nSPS) is 19.1. The van der Waals surface area contributed by atoms with Crippen molar-refractivity contribution in [2.75, 3.05) is 39.8 Å². The Bertz CT molecular complexity index is 843. The van der Waals surface area contributed by atoms with Gasteiger partial charge >= 0.3 is 0 Å². The van der Waals surface area contributed by atoms with Crippen molar-refractivity contribution in [1.82, 2.24) is 24.5 Å². The lowest BCUT2D eigenvalue weighted by Gasteiger charge is -2.49.